The Morgan fingerprint density at radius 2 is 2.20 bits per heavy atom. The molecule has 0 bridgehead atoms. The van der Waals surface area contributed by atoms with Gasteiger partial charge in [-0.3, -0.25) is 0 Å². The van der Waals surface area contributed by atoms with Gasteiger partial charge >= 0.3 is 0 Å². The van der Waals surface area contributed by atoms with E-state index < -0.39 is 0 Å². The van der Waals surface area contributed by atoms with Crippen molar-refractivity contribution in [1.82, 2.24) is 9.78 Å². The van der Waals surface area contributed by atoms with Crippen LogP contribution in [0.25, 0.3) is 0 Å². The molecule has 1 unspecified atom stereocenters. The molecule has 0 spiro atoms. The number of likely N-dealkylation sites (N-methyl/N-ethyl adjacent to an activating group) is 1. The lowest BCUT2D eigenvalue weighted by Gasteiger charge is -2.22. The molecule has 0 fully saturated rings. The zero-order valence-electron chi connectivity index (χ0n) is 9.86. The Kier molecular flexibility index (Phi) is 3.57. The fourth-order valence-electron chi connectivity index (χ4n) is 1.69. The van der Waals surface area contributed by atoms with Crippen LogP contribution in [0.1, 0.15) is 19.5 Å². The van der Waals surface area contributed by atoms with Crippen LogP contribution in [0.3, 0.4) is 0 Å². The average Bonchev–Trinajstić information content (AvgIpc) is 2.41. The van der Waals surface area contributed by atoms with Gasteiger partial charge in [-0.15, -0.1) is 0 Å². The van der Waals surface area contributed by atoms with Crippen molar-refractivity contribution in [3.8, 4) is 0 Å². The molecule has 5 heteroatoms. The first-order valence-corrected chi connectivity index (χ1v) is 5.19. The van der Waals surface area contributed by atoms with Crippen molar-refractivity contribution in [2.75, 3.05) is 24.2 Å². The molecule has 0 aliphatic carbocycles. The van der Waals surface area contributed by atoms with Crippen molar-refractivity contribution in [3.63, 3.8) is 0 Å². The molecule has 15 heavy (non-hydrogen) atoms. The first-order chi connectivity index (χ1) is 6.97. The van der Waals surface area contributed by atoms with E-state index in [1.165, 1.54) is 0 Å². The zero-order valence-corrected chi connectivity index (χ0v) is 9.86. The molecule has 3 N–H and O–H groups in total. The highest BCUT2D eigenvalue weighted by Gasteiger charge is 2.16. The minimum Gasteiger partial charge on any atom is -0.394 e. The number of aliphatic hydroxyl groups is 1. The van der Waals surface area contributed by atoms with Gasteiger partial charge in [0.2, 0.25) is 0 Å². The van der Waals surface area contributed by atoms with Gasteiger partial charge in [-0.05, 0) is 20.8 Å². The largest absolute Gasteiger partial charge is 0.394 e. The minimum absolute atomic E-state index is 0.380. The number of aliphatic hydroxyl groups excluding tert-OH is 1. The van der Waals surface area contributed by atoms with Crippen LogP contribution in [0.2, 0.25) is 0 Å². The number of nitrogens with zero attached hydrogens (tertiary/aromatic N) is 3. The lowest BCUT2D eigenvalue weighted by molar-refractivity contribution is 0.201. The SMILES string of the molecule is CCn1nc(C)c(N)c1N(C)CC(C)O. The summed E-state index contributed by atoms with van der Waals surface area (Å²) in [4.78, 5) is 1.93. The van der Waals surface area contributed by atoms with Gasteiger partial charge in [-0.1, -0.05) is 0 Å². The molecule has 0 aliphatic heterocycles. The van der Waals surface area contributed by atoms with Crippen LogP contribution in [-0.2, 0) is 6.54 Å². The Labute approximate surface area is 90.5 Å². The maximum absolute atomic E-state index is 9.33. The maximum Gasteiger partial charge on any atom is 0.150 e. The number of hydrogen-bond donors (Lipinski definition) is 2. The Balaban J connectivity index is 3.00. The number of aromatic nitrogens is 2. The van der Waals surface area contributed by atoms with Gasteiger partial charge in [0.05, 0.1) is 17.5 Å². The Hall–Kier alpha value is -1.23. The highest BCUT2D eigenvalue weighted by atomic mass is 16.3. The summed E-state index contributed by atoms with van der Waals surface area (Å²) in [5.74, 6) is 0.885. The van der Waals surface area contributed by atoms with Crippen LogP contribution in [0.15, 0.2) is 0 Å². The second kappa shape index (κ2) is 4.53. The van der Waals surface area contributed by atoms with E-state index in [2.05, 4.69) is 5.10 Å². The van der Waals surface area contributed by atoms with Gasteiger partial charge in [0.15, 0.2) is 0 Å². The van der Waals surface area contributed by atoms with Crippen LogP contribution >= 0.6 is 0 Å². The summed E-state index contributed by atoms with van der Waals surface area (Å²) in [6.45, 7) is 6.99. The normalized spacial score (nSPS) is 12.9. The van der Waals surface area contributed by atoms with Crippen LogP contribution in [0.4, 0.5) is 11.5 Å². The smallest absolute Gasteiger partial charge is 0.150 e. The van der Waals surface area contributed by atoms with Crippen LogP contribution < -0.4 is 10.6 Å². The van der Waals surface area contributed by atoms with Crippen molar-refractivity contribution in [1.29, 1.82) is 0 Å². The Morgan fingerprint density at radius 3 is 2.67 bits per heavy atom. The van der Waals surface area contributed by atoms with Crippen molar-refractivity contribution in [2.45, 2.75) is 33.4 Å². The molecular weight excluding hydrogens is 192 g/mol. The molecule has 1 atom stereocenters. The molecule has 0 saturated carbocycles. The number of aryl methyl sites for hydroxylation is 2. The van der Waals surface area contributed by atoms with Gasteiger partial charge in [-0.25, -0.2) is 4.68 Å². The summed E-state index contributed by atoms with van der Waals surface area (Å²) in [6, 6.07) is 0. The summed E-state index contributed by atoms with van der Waals surface area (Å²) in [7, 11) is 1.91. The van der Waals surface area contributed by atoms with E-state index in [1.54, 1.807) is 6.92 Å². The van der Waals surface area contributed by atoms with Gasteiger partial charge in [0, 0.05) is 20.1 Å². The van der Waals surface area contributed by atoms with Crippen LogP contribution in [0.5, 0.6) is 0 Å². The quantitative estimate of drug-likeness (QED) is 0.767. The fourth-order valence-corrected chi connectivity index (χ4v) is 1.69. The predicted octanol–water partition coefficient (Wildman–Crippen LogP) is 0.611. The third-order valence-electron chi connectivity index (χ3n) is 2.35. The molecule has 0 radical (unpaired) electrons. The molecule has 0 saturated heterocycles. The molecule has 86 valence electrons. The Bertz CT molecular complexity index is 332. The van der Waals surface area contributed by atoms with Gasteiger partial charge in [-0.2, -0.15) is 5.10 Å². The molecule has 5 nitrogen and oxygen atoms in total. The summed E-state index contributed by atoms with van der Waals surface area (Å²) in [6.07, 6.45) is -0.380. The van der Waals surface area contributed by atoms with Gasteiger partial charge in [0.25, 0.3) is 0 Å². The zero-order chi connectivity index (χ0) is 11.6. The first-order valence-electron chi connectivity index (χ1n) is 5.19. The number of nitrogen functional groups attached to an aromatic ring is 1. The molecular formula is C10H20N4O. The van der Waals surface area contributed by atoms with Crippen LogP contribution in [-0.4, -0.2) is 34.6 Å². The van der Waals surface area contributed by atoms with E-state index in [9.17, 15) is 5.11 Å². The summed E-state index contributed by atoms with van der Waals surface area (Å²) in [5, 5.41) is 13.7. The number of anilines is 2. The van der Waals surface area contributed by atoms with E-state index >= 15 is 0 Å². The standard InChI is InChI=1S/C10H20N4O/c1-5-14-10(9(11)8(3)12-14)13(4)6-7(2)15/h7,15H,5-6,11H2,1-4H3. The van der Waals surface area contributed by atoms with Gasteiger partial charge in [0.1, 0.15) is 5.82 Å². The van der Waals surface area contributed by atoms with Crippen molar-refractivity contribution in [3.05, 3.63) is 5.69 Å². The molecule has 1 heterocycles. The summed E-state index contributed by atoms with van der Waals surface area (Å²) >= 11 is 0. The van der Waals surface area contributed by atoms with E-state index in [4.69, 9.17) is 5.73 Å². The molecule has 0 aliphatic rings. The molecule has 1 aromatic heterocycles. The molecule has 0 amide bonds. The fraction of sp³-hybridized carbons (Fsp3) is 0.700. The van der Waals surface area contributed by atoms with E-state index in [0.717, 1.165) is 18.1 Å². The molecule has 1 rings (SSSR count). The van der Waals surface area contributed by atoms with E-state index in [0.29, 0.717) is 12.2 Å². The predicted molar refractivity (Wildman–Crippen MR) is 62.0 cm³/mol. The molecule has 1 aromatic rings. The third kappa shape index (κ3) is 2.41. The number of rotatable bonds is 4. The van der Waals surface area contributed by atoms with Crippen molar-refractivity contribution >= 4 is 11.5 Å². The monoisotopic (exact) mass is 212 g/mol. The van der Waals surface area contributed by atoms with E-state index in [-0.39, 0.29) is 6.10 Å². The topological polar surface area (TPSA) is 67.3 Å². The van der Waals surface area contributed by atoms with Gasteiger partial charge < -0.3 is 15.7 Å². The molecule has 0 aromatic carbocycles. The second-order valence-corrected chi connectivity index (χ2v) is 3.87. The highest BCUT2D eigenvalue weighted by molar-refractivity contribution is 5.65. The minimum atomic E-state index is -0.380. The van der Waals surface area contributed by atoms with Crippen LogP contribution in [0, 0.1) is 6.92 Å². The van der Waals surface area contributed by atoms with Crippen molar-refractivity contribution < 1.29 is 5.11 Å². The number of hydrogen-bond acceptors (Lipinski definition) is 4. The lowest BCUT2D eigenvalue weighted by Crippen LogP contribution is -2.29. The summed E-state index contributed by atoms with van der Waals surface area (Å²) in [5.41, 5.74) is 7.48. The summed E-state index contributed by atoms with van der Waals surface area (Å²) < 4.78 is 1.85. The first kappa shape index (κ1) is 11.8. The van der Waals surface area contributed by atoms with Crippen molar-refractivity contribution in [2.24, 2.45) is 0 Å². The van der Waals surface area contributed by atoms with E-state index in [1.807, 2.05) is 30.5 Å². The highest BCUT2D eigenvalue weighted by Crippen LogP contribution is 2.25. The number of nitrogens with two attached hydrogens (primary N) is 1. The second-order valence-electron chi connectivity index (χ2n) is 3.87. The average molecular weight is 212 g/mol. The third-order valence-corrected chi connectivity index (χ3v) is 2.35. The lowest BCUT2D eigenvalue weighted by atomic mass is 10.3. The Morgan fingerprint density at radius 1 is 1.60 bits per heavy atom. The maximum atomic E-state index is 9.33.